The van der Waals surface area contributed by atoms with Crippen molar-refractivity contribution in [1.29, 1.82) is 0 Å². The second-order valence-electron chi connectivity index (χ2n) is 6.25. The van der Waals surface area contributed by atoms with Crippen LogP contribution in [0.1, 0.15) is 27.0 Å². The number of carbonyl (C=O) groups is 2. The molecule has 0 bridgehead atoms. The zero-order chi connectivity index (χ0) is 19.2. The molecule has 3 rings (SSSR count). The molecule has 0 aromatic heterocycles. The summed E-state index contributed by atoms with van der Waals surface area (Å²) in [7, 11) is 0. The molecule has 4 nitrogen and oxygen atoms in total. The number of ether oxygens (including phenoxy) is 2. The van der Waals surface area contributed by atoms with Gasteiger partial charge in [0.05, 0.1) is 0 Å². The molecule has 0 aliphatic carbocycles. The van der Waals surface area contributed by atoms with E-state index in [9.17, 15) is 9.59 Å². The Hall–Kier alpha value is -3.40. The minimum absolute atomic E-state index is 0.0771. The molecular formula is C23H20O4. The molecule has 0 saturated heterocycles. The van der Waals surface area contributed by atoms with Crippen LogP contribution < -0.4 is 9.47 Å². The second kappa shape index (κ2) is 8.32. The minimum Gasteiger partial charge on any atom is -0.482 e. The van der Waals surface area contributed by atoms with Gasteiger partial charge in [0.2, 0.25) is 0 Å². The standard InChI is InChI=1S/C23H20O4/c1-16-8-9-17(2)21(14-16)26-15-22(24)27-20-12-10-19(11-13-20)23(25)18-6-4-3-5-7-18/h3-14H,15H2,1-2H3. The van der Waals surface area contributed by atoms with Crippen molar-refractivity contribution in [2.24, 2.45) is 0 Å². The summed E-state index contributed by atoms with van der Waals surface area (Å²) in [6.45, 7) is 3.69. The first kappa shape index (κ1) is 18.4. The Kier molecular flexibility index (Phi) is 5.67. The molecule has 0 aliphatic rings. The van der Waals surface area contributed by atoms with Gasteiger partial charge in [0.1, 0.15) is 11.5 Å². The van der Waals surface area contributed by atoms with Crippen molar-refractivity contribution in [1.82, 2.24) is 0 Å². The maximum atomic E-state index is 12.4. The Morgan fingerprint density at radius 3 is 2.19 bits per heavy atom. The zero-order valence-corrected chi connectivity index (χ0v) is 15.3. The highest BCUT2D eigenvalue weighted by molar-refractivity contribution is 6.09. The molecule has 3 aromatic carbocycles. The summed E-state index contributed by atoms with van der Waals surface area (Å²) < 4.78 is 10.8. The third-order valence-electron chi connectivity index (χ3n) is 4.07. The number of aryl methyl sites for hydroxylation is 2. The van der Waals surface area contributed by atoms with Crippen molar-refractivity contribution in [3.8, 4) is 11.5 Å². The van der Waals surface area contributed by atoms with Crippen LogP contribution in [0.3, 0.4) is 0 Å². The fourth-order valence-electron chi connectivity index (χ4n) is 2.59. The highest BCUT2D eigenvalue weighted by Crippen LogP contribution is 2.20. The molecule has 0 aliphatic heterocycles. The molecule has 0 amide bonds. The number of rotatable bonds is 6. The monoisotopic (exact) mass is 360 g/mol. The topological polar surface area (TPSA) is 52.6 Å². The van der Waals surface area contributed by atoms with Crippen LogP contribution in [0.5, 0.6) is 11.5 Å². The Morgan fingerprint density at radius 2 is 1.48 bits per heavy atom. The molecule has 0 heterocycles. The molecule has 0 unspecified atom stereocenters. The highest BCUT2D eigenvalue weighted by Gasteiger charge is 2.11. The normalized spacial score (nSPS) is 10.3. The molecule has 27 heavy (non-hydrogen) atoms. The zero-order valence-electron chi connectivity index (χ0n) is 15.3. The summed E-state index contributed by atoms with van der Waals surface area (Å²) in [6.07, 6.45) is 0. The first-order valence-electron chi connectivity index (χ1n) is 8.63. The van der Waals surface area contributed by atoms with E-state index in [1.54, 1.807) is 36.4 Å². The van der Waals surface area contributed by atoms with Crippen LogP contribution >= 0.6 is 0 Å². The predicted molar refractivity (Wildman–Crippen MR) is 103 cm³/mol. The highest BCUT2D eigenvalue weighted by atomic mass is 16.6. The van der Waals surface area contributed by atoms with E-state index in [0.29, 0.717) is 22.6 Å². The van der Waals surface area contributed by atoms with E-state index in [4.69, 9.17) is 9.47 Å². The van der Waals surface area contributed by atoms with Gasteiger partial charge in [0.15, 0.2) is 12.4 Å². The van der Waals surface area contributed by atoms with E-state index in [1.807, 2.05) is 50.2 Å². The first-order valence-corrected chi connectivity index (χ1v) is 8.63. The molecule has 136 valence electrons. The van der Waals surface area contributed by atoms with Crippen LogP contribution in [-0.2, 0) is 4.79 Å². The van der Waals surface area contributed by atoms with Crippen molar-refractivity contribution in [2.75, 3.05) is 6.61 Å². The second-order valence-corrected chi connectivity index (χ2v) is 6.25. The van der Waals surface area contributed by atoms with Gasteiger partial charge in [-0.3, -0.25) is 4.79 Å². The van der Waals surface area contributed by atoms with Gasteiger partial charge in [0.25, 0.3) is 0 Å². The van der Waals surface area contributed by atoms with E-state index < -0.39 is 5.97 Å². The van der Waals surface area contributed by atoms with Crippen molar-refractivity contribution in [2.45, 2.75) is 13.8 Å². The van der Waals surface area contributed by atoms with Gasteiger partial charge in [-0.1, -0.05) is 42.5 Å². The first-order chi connectivity index (χ1) is 13.0. The number of esters is 1. The number of hydrogen-bond donors (Lipinski definition) is 0. The lowest BCUT2D eigenvalue weighted by molar-refractivity contribution is -0.136. The molecule has 0 radical (unpaired) electrons. The van der Waals surface area contributed by atoms with Crippen molar-refractivity contribution >= 4 is 11.8 Å². The average Bonchev–Trinajstić information content (AvgIpc) is 2.69. The van der Waals surface area contributed by atoms with Crippen LogP contribution in [0.15, 0.2) is 72.8 Å². The van der Waals surface area contributed by atoms with Gasteiger partial charge in [-0.2, -0.15) is 0 Å². The molecule has 0 fully saturated rings. The van der Waals surface area contributed by atoms with E-state index in [1.165, 1.54) is 0 Å². The molecule has 0 atom stereocenters. The Labute approximate surface area is 158 Å². The van der Waals surface area contributed by atoms with E-state index >= 15 is 0 Å². The molecule has 0 N–H and O–H groups in total. The van der Waals surface area contributed by atoms with Crippen molar-refractivity contribution in [3.63, 3.8) is 0 Å². The minimum atomic E-state index is -0.502. The molecule has 0 spiro atoms. The SMILES string of the molecule is Cc1ccc(C)c(OCC(=O)Oc2ccc(C(=O)c3ccccc3)cc2)c1. The Balaban J connectivity index is 1.58. The summed E-state index contributed by atoms with van der Waals surface area (Å²) in [5.74, 6) is 0.453. The van der Waals surface area contributed by atoms with E-state index in [-0.39, 0.29) is 12.4 Å². The third kappa shape index (κ3) is 4.82. The van der Waals surface area contributed by atoms with E-state index in [0.717, 1.165) is 11.1 Å². The summed E-state index contributed by atoms with van der Waals surface area (Å²) >= 11 is 0. The quantitative estimate of drug-likeness (QED) is 0.368. The summed E-state index contributed by atoms with van der Waals surface area (Å²) in [5.41, 5.74) is 3.16. The molecule has 4 heteroatoms. The Morgan fingerprint density at radius 1 is 0.815 bits per heavy atom. The van der Waals surface area contributed by atoms with Gasteiger partial charge >= 0.3 is 5.97 Å². The average molecular weight is 360 g/mol. The van der Waals surface area contributed by atoms with Gasteiger partial charge in [-0.15, -0.1) is 0 Å². The molecular weight excluding hydrogens is 340 g/mol. The molecule has 0 saturated carbocycles. The third-order valence-corrected chi connectivity index (χ3v) is 4.07. The predicted octanol–water partition coefficient (Wildman–Crippen LogP) is 4.52. The van der Waals surface area contributed by atoms with Crippen molar-refractivity contribution < 1.29 is 19.1 Å². The van der Waals surface area contributed by atoms with Crippen LogP contribution in [0.4, 0.5) is 0 Å². The van der Waals surface area contributed by atoms with Crippen LogP contribution in [0.2, 0.25) is 0 Å². The van der Waals surface area contributed by atoms with Gasteiger partial charge in [-0.05, 0) is 55.3 Å². The van der Waals surface area contributed by atoms with Gasteiger partial charge < -0.3 is 9.47 Å². The summed E-state index contributed by atoms with van der Waals surface area (Å²) in [6, 6.07) is 21.3. The van der Waals surface area contributed by atoms with E-state index in [2.05, 4.69) is 0 Å². The number of hydrogen-bond acceptors (Lipinski definition) is 4. The fraction of sp³-hybridized carbons (Fsp3) is 0.130. The van der Waals surface area contributed by atoms with Crippen LogP contribution in [0.25, 0.3) is 0 Å². The smallest absolute Gasteiger partial charge is 0.349 e. The lowest BCUT2D eigenvalue weighted by Gasteiger charge is -2.10. The fourth-order valence-corrected chi connectivity index (χ4v) is 2.59. The lowest BCUT2D eigenvalue weighted by atomic mass is 10.0. The number of benzene rings is 3. The van der Waals surface area contributed by atoms with Crippen LogP contribution in [-0.4, -0.2) is 18.4 Å². The largest absolute Gasteiger partial charge is 0.482 e. The molecule has 3 aromatic rings. The van der Waals surface area contributed by atoms with Gasteiger partial charge in [-0.25, -0.2) is 4.79 Å². The summed E-state index contributed by atoms with van der Waals surface area (Å²) in [4.78, 5) is 24.4. The maximum Gasteiger partial charge on any atom is 0.349 e. The Bertz CT molecular complexity index is 944. The lowest BCUT2D eigenvalue weighted by Crippen LogP contribution is -2.18. The number of ketones is 1. The summed E-state index contributed by atoms with van der Waals surface area (Å²) in [5, 5.41) is 0. The maximum absolute atomic E-state index is 12.4. The number of carbonyl (C=O) groups excluding carboxylic acids is 2. The van der Waals surface area contributed by atoms with Crippen LogP contribution in [0, 0.1) is 13.8 Å². The van der Waals surface area contributed by atoms with Gasteiger partial charge in [0, 0.05) is 11.1 Å². The van der Waals surface area contributed by atoms with Crippen molar-refractivity contribution in [3.05, 3.63) is 95.1 Å².